The van der Waals surface area contributed by atoms with E-state index >= 15 is 0 Å². The SMILES string of the molecule is CC(C)(C)C(=O)SCCOP(=O)(OCCSC(=O)C(C)(C)C)OC[C@H]1OC[C@@H](n2ccc(N)nc2=O)O1. The number of nitrogen functional groups attached to an aromatic ring is 1. The number of phosphoric ester groups is 1. The highest BCUT2D eigenvalue weighted by Gasteiger charge is 2.34. The smallest absolute Gasteiger partial charge is 0.383 e. The van der Waals surface area contributed by atoms with E-state index in [4.69, 9.17) is 28.8 Å². The molecule has 0 aliphatic carbocycles. The van der Waals surface area contributed by atoms with Gasteiger partial charge in [-0.3, -0.25) is 27.7 Å². The van der Waals surface area contributed by atoms with Gasteiger partial charge >= 0.3 is 13.5 Å². The number of phosphoric acid groups is 1. The third-order valence-corrected chi connectivity index (χ3v) is 8.57. The van der Waals surface area contributed by atoms with Gasteiger partial charge in [-0.1, -0.05) is 65.1 Å². The van der Waals surface area contributed by atoms with Crippen LogP contribution in [0.15, 0.2) is 17.1 Å². The third-order valence-electron chi connectivity index (χ3n) is 4.62. The predicted molar refractivity (Wildman–Crippen MR) is 142 cm³/mol. The summed E-state index contributed by atoms with van der Waals surface area (Å²) in [4.78, 5) is 39.9. The zero-order valence-electron chi connectivity index (χ0n) is 22.0. The normalized spacial score (nSPS) is 18.8. The summed E-state index contributed by atoms with van der Waals surface area (Å²) in [6.07, 6.45) is -0.287. The summed E-state index contributed by atoms with van der Waals surface area (Å²) >= 11 is 2.12. The Labute approximate surface area is 225 Å². The molecule has 0 aromatic carbocycles. The molecule has 2 rings (SSSR count). The molecule has 2 atom stereocenters. The minimum absolute atomic E-state index is 0.0304. The van der Waals surface area contributed by atoms with Crippen molar-refractivity contribution >= 4 is 47.4 Å². The molecule has 1 aliphatic heterocycles. The average Bonchev–Trinajstić information content (AvgIpc) is 3.25. The molecule has 1 saturated heterocycles. The molecule has 0 bridgehead atoms. The highest BCUT2D eigenvalue weighted by molar-refractivity contribution is 8.14. The summed E-state index contributed by atoms with van der Waals surface area (Å²) in [6.45, 7) is 10.4. The summed E-state index contributed by atoms with van der Waals surface area (Å²) in [5, 5.41) is -0.0629. The number of ether oxygens (including phenoxy) is 2. The Bertz CT molecular complexity index is 1000. The van der Waals surface area contributed by atoms with Gasteiger partial charge in [0.1, 0.15) is 12.4 Å². The molecule has 0 amide bonds. The molecule has 2 heterocycles. The van der Waals surface area contributed by atoms with E-state index in [0.717, 1.165) is 23.5 Å². The first kappa shape index (κ1) is 32.0. The Morgan fingerprint density at radius 3 is 2.11 bits per heavy atom. The molecule has 15 heteroatoms. The molecule has 0 spiro atoms. The monoisotopic (exact) mass is 581 g/mol. The zero-order valence-corrected chi connectivity index (χ0v) is 24.5. The Morgan fingerprint density at radius 1 is 1.08 bits per heavy atom. The fourth-order valence-corrected chi connectivity index (χ4v) is 5.56. The summed E-state index contributed by atoms with van der Waals surface area (Å²) in [5.41, 5.74) is 3.87. The fourth-order valence-electron chi connectivity index (χ4n) is 2.59. The van der Waals surface area contributed by atoms with Crippen molar-refractivity contribution in [1.82, 2.24) is 9.55 Å². The van der Waals surface area contributed by atoms with Gasteiger partial charge in [0.2, 0.25) is 0 Å². The van der Waals surface area contributed by atoms with Gasteiger partial charge in [-0.2, -0.15) is 4.98 Å². The second-order valence-electron chi connectivity index (χ2n) is 10.1. The number of nitrogens with zero attached hydrogens (tertiary/aromatic N) is 2. The van der Waals surface area contributed by atoms with Crippen molar-refractivity contribution in [2.75, 3.05) is 43.7 Å². The molecule has 0 radical (unpaired) electrons. The number of aromatic nitrogens is 2. The minimum atomic E-state index is -4.09. The van der Waals surface area contributed by atoms with Gasteiger partial charge in [0.15, 0.2) is 22.7 Å². The topological polar surface area (TPSA) is 158 Å². The average molecular weight is 582 g/mol. The predicted octanol–water partition coefficient (Wildman–Crippen LogP) is 3.47. The van der Waals surface area contributed by atoms with Crippen molar-refractivity contribution in [3.05, 3.63) is 22.7 Å². The standard InChI is InChI=1S/C22H36N3O9PS2/c1-21(2,3)18(26)36-11-9-31-35(29,32-10-12-37-19(27)22(4,5)6)33-14-17-30-13-16(34-17)25-8-7-15(23)24-20(25)28/h7-8,16-17H,9-14H2,1-6H3,(H2,23,24,28)/t16-,17-/m0/s1. The second kappa shape index (κ2) is 13.7. The first-order valence-corrected chi connectivity index (χ1v) is 15.0. The maximum Gasteiger partial charge on any atom is 0.475 e. The minimum Gasteiger partial charge on any atom is -0.383 e. The van der Waals surface area contributed by atoms with Gasteiger partial charge in [0.25, 0.3) is 0 Å². The van der Waals surface area contributed by atoms with Crippen LogP contribution in [0.4, 0.5) is 5.82 Å². The van der Waals surface area contributed by atoms with Crippen molar-refractivity contribution < 1.29 is 37.2 Å². The first-order valence-electron chi connectivity index (χ1n) is 11.6. The van der Waals surface area contributed by atoms with Crippen LogP contribution in [0.2, 0.25) is 0 Å². The van der Waals surface area contributed by atoms with Crippen LogP contribution < -0.4 is 11.4 Å². The summed E-state index contributed by atoms with van der Waals surface area (Å²) in [5.74, 6) is 0.575. The summed E-state index contributed by atoms with van der Waals surface area (Å²) < 4.78 is 41.9. The van der Waals surface area contributed by atoms with Crippen molar-refractivity contribution in [2.24, 2.45) is 10.8 Å². The lowest BCUT2D eigenvalue weighted by Gasteiger charge is -2.21. The van der Waals surface area contributed by atoms with E-state index < -0.39 is 36.9 Å². The number of hydrogen-bond donors (Lipinski definition) is 1. The molecule has 1 aromatic heterocycles. The van der Waals surface area contributed by atoms with Crippen LogP contribution >= 0.6 is 31.3 Å². The van der Waals surface area contributed by atoms with Gasteiger partial charge < -0.3 is 15.2 Å². The quantitative estimate of drug-likeness (QED) is 0.283. The number of nitrogens with two attached hydrogens (primary N) is 1. The number of hydrogen-bond acceptors (Lipinski definition) is 13. The number of thioether (sulfide) groups is 2. The Kier molecular flexibility index (Phi) is 11.8. The maximum absolute atomic E-state index is 13.3. The van der Waals surface area contributed by atoms with E-state index in [-0.39, 0.29) is 54.0 Å². The summed E-state index contributed by atoms with van der Waals surface area (Å²) in [7, 11) is -4.09. The number of anilines is 1. The highest BCUT2D eigenvalue weighted by atomic mass is 32.2. The lowest BCUT2D eigenvalue weighted by Crippen LogP contribution is -2.28. The second-order valence-corrected chi connectivity index (χ2v) is 13.9. The first-order chi connectivity index (χ1) is 17.1. The number of carbonyl (C=O) groups is 2. The van der Waals surface area contributed by atoms with Crippen molar-refractivity contribution in [2.45, 2.75) is 54.1 Å². The molecule has 210 valence electrons. The van der Waals surface area contributed by atoms with Crippen LogP contribution in [-0.4, -0.2) is 64.0 Å². The zero-order chi connectivity index (χ0) is 27.9. The van der Waals surface area contributed by atoms with Crippen LogP contribution in [0.3, 0.4) is 0 Å². The third kappa shape index (κ3) is 10.8. The van der Waals surface area contributed by atoms with E-state index in [1.807, 2.05) is 0 Å². The van der Waals surface area contributed by atoms with Crippen LogP contribution in [0.25, 0.3) is 0 Å². The molecule has 0 saturated carbocycles. The van der Waals surface area contributed by atoms with Crippen LogP contribution in [0.1, 0.15) is 47.8 Å². The molecular formula is C22H36N3O9PS2. The fraction of sp³-hybridized carbons (Fsp3) is 0.727. The lowest BCUT2D eigenvalue weighted by atomic mass is 9.99. The van der Waals surface area contributed by atoms with Gasteiger partial charge in [-0.05, 0) is 6.07 Å². The largest absolute Gasteiger partial charge is 0.475 e. The lowest BCUT2D eigenvalue weighted by molar-refractivity contribution is -0.118. The molecule has 37 heavy (non-hydrogen) atoms. The van der Waals surface area contributed by atoms with Crippen LogP contribution in [-0.2, 0) is 37.2 Å². The Hall–Kier alpha value is -1.25. The van der Waals surface area contributed by atoms with E-state index in [1.165, 1.54) is 16.8 Å². The van der Waals surface area contributed by atoms with E-state index in [1.54, 1.807) is 41.5 Å². The molecule has 0 unspecified atom stereocenters. The van der Waals surface area contributed by atoms with E-state index in [9.17, 15) is 18.9 Å². The maximum atomic E-state index is 13.3. The Balaban J connectivity index is 1.92. The van der Waals surface area contributed by atoms with Crippen molar-refractivity contribution in [1.29, 1.82) is 0 Å². The molecule has 2 N–H and O–H groups in total. The van der Waals surface area contributed by atoms with Gasteiger partial charge in [0.05, 0.1) is 19.8 Å². The molecule has 1 aliphatic rings. The number of carbonyl (C=O) groups excluding carboxylic acids is 2. The van der Waals surface area contributed by atoms with Gasteiger partial charge in [-0.15, -0.1) is 0 Å². The summed E-state index contributed by atoms with van der Waals surface area (Å²) in [6, 6.07) is 1.45. The van der Waals surface area contributed by atoms with Crippen molar-refractivity contribution in [3.63, 3.8) is 0 Å². The van der Waals surface area contributed by atoms with E-state index in [0.29, 0.717) is 0 Å². The molecule has 1 aromatic rings. The molecule has 12 nitrogen and oxygen atoms in total. The van der Waals surface area contributed by atoms with Crippen LogP contribution in [0, 0.1) is 10.8 Å². The molecule has 1 fully saturated rings. The Morgan fingerprint density at radius 2 is 1.62 bits per heavy atom. The van der Waals surface area contributed by atoms with E-state index in [2.05, 4.69) is 4.98 Å². The van der Waals surface area contributed by atoms with Crippen LogP contribution in [0.5, 0.6) is 0 Å². The number of rotatable bonds is 12. The van der Waals surface area contributed by atoms with Gasteiger partial charge in [0, 0.05) is 28.5 Å². The highest BCUT2D eigenvalue weighted by Crippen LogP contribution is 2.50. The molecular weight excluding hydrogens is 545 g/mol. The van der Waals surface area contributed by atoms with Crippen molar-refractivity contribution in [3.8, 4) is 0 Å². The van der Waals surface area contributed by atoms with Gasteiger partial charge in [-0.25, -0.2) is 9.36 Å².